The molecule has 5 rings (SSSR count). The van der Waals surface area contributed by atoms with Gasteiger partial charge < -0.3 is 20.2 Å². The smallest absolute Gasteiger partial charge is 0.259 e. The van der Waals surface area contributed by atoms with E-state index in [1.165, 1.54) is 0 Å². The Hall–Kier alpha value is -3.84. The number of nitrogen functional groups attached to an aromatic ring is 1. The molecule has 32 heavy (non-hydrogen) atoms. The number of para-hydroxylation sites is 2. The fourth-order valence-corrected chi connectivity index (χ4v) is 4.57. The number of rotatable bonds is 6. The zero-order valence-corrected chi connectivity index (χ0v) is 18.1. The lowest BCUT2D eigenvalue weighted by Crippen LogP contribution is -2.22. The van der Waals surface area contributed by atoms with Crippen LogP contribution in [-0.4, -0.2) is 46.9 Å². The Morgan fingerprint density at radius 3 is 2.44 bits per heavy atom. The van der Waals surface area contributed by atoms with E-state index in [4.69, 9.17) is 5.73 Å². The molecule has 4 N–H and O–H groups in total. The summed E-state index contributed by atoms with van der Waals surface area (Å²) >= 11 is 0. The van der Waals surface area contributed by atoms with Crippen molar-refractivity contribution in [2.24, 2.45) is 0 Å². The van der Waals surface area contributed by atoms with Crippen molar-refractivity contribution >= 4 is 50.5 Å². The zero-order valence-electron chi connectivity index (χ0n) is 18.1. The number of carbonyl (C=O) groups is 2. The van der Waals surface area contributed by atoms with Crippen molar-refractivity contribution in [1.82, 2.24) is 19.8 Å². The first-order valence-electron chi connectivity index (χ1n) is 10.6. The Morgan fingerprint density at radius 2 is 1.66 bits per heavy atom. The number of H-pyrrole nitrogens is 1. The van der Waals surface area contributed by atoms with Crippen LogP contribution >= 0.6 is 0 Å². The van der Waals surface area contributed by atoms with E-state index in [2.05, 4.69) is 19.8 Å². The minimum absolute atomic E-state index is 0.382. The minimum atomic E-state index is -0.384. The van der Waals surface area contributed by atoms with Crippen molar-refractivity contribution in [3.05, 3.63) is 66.0 Å². The van der Waals surface area contributed by atoms with Crippen LogP contribution in [0.5, 0.6) is 0 Å². The number of benzene rings is 2. The highest BCUT2D eigenvalue weighted by atomic mass is 16.2. The largest absolute Gasteiger partial charge is 0.397 e. The highest BCUT2D eigenvalue weighted by Crippen LogP contribution is 2.39. The van der Waals surface area contributed by atoms with E-state index >= 15 is 0 Å². The van der Waals surface area contributed by atoms with E-state index in [0.29, 0.717) is 16.8 Å². The summed E-state index contributed by atoms with van der Waals surface area (Å²) in [6.07, 6.45) is 4.69. The maximum atomic E-state index is 13.0. The molecule has 162 valence electrons. The molecule has 0 fully saturated rings. The first-order valence-corrected chi connectivity index (χ1v) is 10.6. The molecule has 0 aliphatic carbocycles. The average Bonchev–Trinajstić information content (AvgIpc) is 3.41. The number of hydrogen-bond acceptors (Lipinski definition) is 4. The fraction of sp³-hybridized carbons (Fsp3) is 0.200. The molecule has 0 bridgehead atoms. The number of nitrogens with two attached hydrogens (primary N) is 1. The number of hydrogen-bond donors (Lipinski definition) is 3. The maximum Gasteiger partial charge on any atom is 0.259 e. The summed E-state index contributed by atoms with van der Waals surface area (Å²) < 4.78 is 2.10. The van der Waals surface area contributed by atoms with Crippen LogP contribution in [0, 0.1) is 0 Å². The monoisotopic (exact) mass is 427 g/mol. The van der Waals surface area contributed by atoms with Gasteiger partial charge in [-0.2, -0.15) is 0 Å². The second-order valence-electron chi connectivity index (χ2n) is 8.42. The topological polar surface area (TPSA) is 96.1 Å². The second-order valence-corrected chi connectivity index (χ2v) is 8.42. The van der Waals surface area contributed by atoms with Crippen molar-refractivity contribution in [3.8, 4) is 0 Å². The van der Waals surface area contributed by atoms with Crippen LogP contribution in [0.15, 0.2) is 54.9 Å². The first kappa shape index (κ1) is 20.1. The quantitative estimate of drug-likeness (QED) is 0.325. The van der Waals surface area contributed by atoms with Crippen LogP contribution < -0.4 is 11.1 Å². The molecule has 1 aliphatic heterocycles. The van der Waals surface area contributed by atoms with Gasteiger partial charge in [0.15, 0.2) is 0 Å². The number of amides is 2. The molecular weight excluding hydrogens is 402 g/mol. The average molecular weight is 428 g/mol. The molecule has 2 aromatic carbocycles. The molecule has 0 spiro atoms. The van der Waals surface area contributed by atoms with Gasteiger partial charge in [0.25, 0.3) is 11.8 Å². The van der Waals surface area contributed by atoms with E-state index < -0.39 is 0 Å². The standard InChI is InChI=1S/C25H25N5O2/c1-29(2)11-6-12-30-14-18(16-8-5-9-19(26)23(16)30)22-21(24(31)28-25(22)32)17-13-27-20-10-4-3-7-15(17)20/h3-5,7-10,13-14,27H,6,11-12,26H2,1-2H3,(H,28,31,32). The van der Waals surface area contributed by atoms with Crippen molar-refractivity contribution in [3.63, 3.8) is 0 Å². The van der Waals surface area contributed by atoms with Gasteiger partial charge in [-0.25, -0.2) is 0 Å². The lowest BCUT2D eigenvalue weighted by Gasteiger charge is -2.11. The number of aromatic amines is 1. The summed E-state index contributed by atoms with van der Waals surface area (Å²) in [7, 11) is 4.08. The third kappa shape index (κ3) is 3.18. The van der Waals surface area contributed by atoms with Gasteiger partial charge in [0.05, 0.1) is 22.4 Å². The lowest BCUT2D eigenvalue weighted by atomic mass is 9.95. The molecule has 1 aliphatic rings. The molecule has 0 atom stereocenters. The molecule has 0 unspecified atom stereocenters. The predicted molar refractivity (Wildman–Crippen MR) is 128 cm³/mol. The van der Waals surface area contributed by atoms with Gasteiger partial charge >= 0.3 is 0 Å². The SMILES string of the molecule is CN(C)CCCn1cc(C2=C(c3c[nH]c4ccccc34)C(=O)NC2=O)c2cccc(N)c21. The van der Waals surface area contributed by atoms with Gasteiger partial charge in [0.2, 0.25) is 0 Å². The molecule has 4 aromatic rings. The summed E-state index contributed by atoms with van der Waals surface area (Å²) in [6, 6.07) is 13.5. The van der Waals surface area contributed by atoms with Gasteiger partial charge in [0, 0.05) is 46.4 Å². The summed E-state index contributed by atoms with van der Waals surface area (Å²) in [5.41, 5.74) is 11.0. The molecule has 3 heterocycles. The highest BCUT2D eigenvalue weighted by molar-refractivity contribution is 6.50. The van der Waals surface area contributed by atoms with Gasteiger partial charge in [-0.1, -0.05) is 30.3 Å². The number of aryl methyl sites for hydroxylation is 1. The number of fused-ring (bicyclic) bond motifs is 2. The Labute approximate surface area is 185 Å². The normalized spacial score (nSPS) is 14.3. The summed E-state index contributed by atoms with van der Waals surface area (Å²) in [5, 5.41) is 4.27. The fourth-order valence-electron chi connectivity index (χ4n) is 4.57. The van der Waals surface area contributed by atoms with E-state index in [9.17, 15) is 9.59 Å². The maximum absolute atomic E-state index is 13.0. The van der Waals surface area contributed by atoms with Crippen LogP contribution in [0.4, 0.5) is 5.69 Å². The van der Waals surface area contributed by atoms with E-state index in [1.54, 1.807) is 6.20 Å². The van der Waals surface area contributed by atoms with Gasteiger partial charge in [-0.15, -0.1) is 0 Å². The molecule has 2 amide bonds. The Kier molecular flexibility index (Phi) is 4.83. The van der Waals surface area contributed by atoms with Gasteiger partial charge in [-0.3, -0.25) is 14.9 Å². The van der Waals surface area contributed by atoms with Crippen molar-refractivity contribution < 1.29 is 9.59 Å². The molecule has 2 aromatic heterocycles. The summed E-state index contributed by atoms with van der Waals surface area (Å²) in [4.78, 5) is 31.3. The zero-order chi connectivity index (χ0) is 22.4. The van der Waals surface area contributed by atoms with Crippen LogP contribution in [0.25, 0.3) is 33.0 Å². The number of imide groups is 1. The number of nitrogens with zero attached hydrogens (tertiary/aromatic N) is 2. The molecular formula is C25H25N5O2. The van der Waals surface area contributed by atoms with Crippen LogP contribution in [-0.2, 0) is 16.1 Å². The van der Waals surface area contributed by atoms with E-state index in [-0.39, 0.29) is 11.8 Å². The van der Waals surface area contributed by atoms with Crippen LogP contribution in [0.2, 0.25) is 0 Å². The summed E-state index contributed by atoms with van der Waals surface area (Å²) in [5.74, 6) is -0.766. The second kappa shape index (κ2) is 7.69. The Balaban J connectivity index is 1.73. The van der Waals surface area contributed by atoms with Crippen molar-refractivity contribution in [1.29, 1.82) is 0 Å². The molecule has 0 saturated carbocycles. The van der Waals surface area contributed by atoms with E-state index in [0.717, 1.165) is 52.4 Å². The lowest BCUT2D eigenvalue weighted by molar-refractivity contribution is -0.122. The Bertz CT molecular complexity index is 1410. The van der Waals surface area contributed by atoms with Crippen LogP contribution in [0.1, 0.15) is 17.5 Å². The van der Waals surface area contributed by atoms with Crippen molar-refractivity contribution in [2.45, 2.75) is 13.0 Å². The van der Waals surface area contributed by atoms with Crippen molar-refractivity contribution in [2.75, 3.05) is 26.4 Å². The van der Waals surface area contributed by atoms with Crippen LogP contribution in [0.3, 0.4) is 0 Å². The number of nitrogens with one attached hydrogen (secondary N) is 2. The molecule has 0 radical (unpaired) electrons. The highest BCUT2D eigenvalue weighted by Gasteiger charge is 2.35. The van der Waals surface area contributed by atoms with E-state index in [1.807, 2.05) is 62.8 Å². The van der Waals surface area contributed by atoms with Gasteiger partial charge in [-0.05, 0) is 39.2 Å². The first-order chi connectivity index (χ1) is 15.5. The third-order valence-corrected chi connectivity index (χ3v) is 5.99. The summed E-state index contributed by atoms with van der Waals surface area (Å²) in [6.45, 7) is 1.69. The Morgan fingerprint density at radius 1 is 0.938 bits per heavy atom. The minimum Gasteiger partial charge on any atom is -0.397 e. The predicted octanol–water partition coefficient (Wildman–Crippen LogP) is 3.22. The number of carbonyl (C=O) groups excluding carboxylic acids is 2. The third-order valence-electron chi connectivity index (χ3n) is 5.99. The molecule has 7 heteroatoms. The number of anilines is 1. The van der Waals surface area contributed by atoms with Gasteiger partial charge in [0.1, 0.15) is 0 Å². The molecule has 0 saturated heterocycles. The molecule has 7 nitrogen and oxygen atoms in total. The number of aromatic nitrogens is 2.